The number of rotatable bonds is 8. The van der Waals surface area contributed by atoms with E-state index in [1.807, 2.05) is 0 Å². The molecule has 0 aliphatic rings. The molecule has 0 spiro atoms. The normalized spacial score (nSPS) is 13.1. The average molecular weight is 493 g/mol. The molecule has 0 fully saturated rings. The number of pyridine rings is 1. The Morgan fingerprint density at radius 1 is 1.09 bits per heavy atom. The van der Waals surface area contributed by atoms with E-state index in [0.29, 0.717) is 6.42 Å². The van der Waals surface area contributed by atoms with Gasteiger partial charge in [0.15, 0.2) is 12.2 Å². The summed E-state index contributed by atoms with van der Waals surface area (Å²) in [5.74, 6) is -1.02. The third kappa shape index (κ3) is 5.25. The number of anilines is 1. The minimum absolute atomic E-state index is 0.232. The van der Waals surface area contributed by atoms with Gasteiger partial charge < -0.3 is 9.15 Å². The third-order valence-electron chi connectivity index (χ3n) is 4.56. The molecule has 4 aromatic rings. The molecule has 3 aromatic heterocycles. The van der Waals surface area contributed by atoms with Crippen LogP contribution in [0.15, 0.2) is 59.6 Å². The van der Waals surface area contributed by atoms with E-state index in [1.165, 1.54) is 30.8 Å². The first-order valence-corrected chi connectivity index (χ1v) is 11.7. The molecule has 4 rings (SSSR count). The van der Waals surface area contributed by atoms with E-state index in [9.17, 15) is 21.6 Å². The number of para-hydroxylation sites is 2. The largest absolute Gasteiger partial charge is 0.457 e. The summed E-state index contributed by atoms with van der Waals surface area (Å²) in [6, 6.07) is 8.84. The Morgan fingerprint density at radius 2 is 1.82 bits per heavy atom. The van der Waals surface area contributed by atoms with E-state index in [2.05, 4.69) is 24.7 Å². The minimum atomic E-state index is -4.87. The zero-order chi connectivity index (χ0) is 24.3. The lowest BCUT2D eigenvalue weighted by Crippen LogP contribution is -2.27. The number of hydrogen-bond acceptors (Lipinski definition) is 8. The van der Waals surface area contributed by atoms with Gasteiger partial charge in [0.05, 0.1) is 23.0 Å². The number of hydrogen-bond donors (Lipinski definition) is 1. The molecule has 0 aliphatic carbocycles. The summed E-state index contributed by atoms with van der Waals surface area (Å²) in [7, 11) is -3.88. The van der Waals surface area contributed by atoms with Gasteiger partial charge >= 0.3 is 6.18 Å². The Labute approximate surface area is 192 Å². The number of oxazole rings is 1. The Bertz CT molecular complexity index is 1380. The van der Waals surface area contributed by atoms with Crippen molar-refractivity contribution < 1.29 is 30.7 Å². The van der Waals surface area contributed by atoms with Crippen LogP contribution in [0.4, 0.5) is 19.0 Å². The van der Waals surface area contributed by atoms with Crippen LogP contribution in [-0.2, 0) is 10.0 Å². The molecule has 1 atom stereocenters. The number of benzene rings is 1. The summed E-state index contributed by atoms with van der Waals surface area (Å²) in [6.07, 6.45) is -3.53. The Kier molecular flexibility index (Phi) is 6.37. The summed E-state index contributed by atoms with van der Waals surface area (Å²) in [5, 5.41) is 0. The van der Waals surface area contributed by atoms with Gasteiger partial charge in [0.1, 0.15) is 5.69 Å². The molecule has 1 aromatic carbocycles. The number of ether oxygens (including phenoxy) is 1. The van der Waals surface area contributed by atoms with Crippen molar-refractivity contribution in [3.8, 4) is 17.3 Å². The van der Waals surface area contributed by atoms with Gasteiger partial charge in [-0.15, -0.1) is 0 Å². The number of halogens is 3. The summed E-state index contributed by atoms with van der Waals surface area (Å²) in [4.78, 5) is 16.0. The maximum absolute atomic E-state index is 14.0. The first-order valence-electron chi connectivity index (χ1n) is 10.0. The van der Waals surface area contributed by atoms with Gasteiger partial charge in [-0.2, -0.15) is 13.2 Å². The minimum Gasteiger partial charge on any atom is -0.457 e. The van der Waals surface area contributed by atoms with Gasteiger partial charge in [-0.1, -0.05) is 25.1 Å². The first-order chi connectivity index (χ1) is 16.2. The monoisotopic (exact) mass is 493 g/mol. The van der Waals surface area contributed by atoms with Gasteiger partial charge in [0.2, 0.25) is 21.9 Å². The van der Waals surface area contributed by atoms with Crippen LogP contribution in [0.25, 0.3) is 22.5 Å². The standard InChI is InChI=1S/C21H18F3N5O4S/c1-2-9-34(30,31)29-19-20(28-15-6-4-3-5-14(15)27-19)33-18(21(22,23)24)13-7-8-16(26-10-13)17-11-25-12-32-17/h3-8,10-12,18H,2,9H2,1H3,(H,27,29)/t18-/m1/s1. The van der Waals surface area contributed by atoms with Crippen LogP contribution in [0.5, 0.6) is 5.88 Å². The average Bonchev–Trinajstić information content (AvgIpc) is 3.31. The van der Waals surface area contributed by atoms with E-state index in [1.54, 1.807) is 25.1 Å². The second-order valence-corrected chi connectivity index (χ2v) is 9.01. The van der Waals surface area contributed by atoms with E-state index in [4.69, 9.17) is 9.15 Å². The lowest BCUT2D eigenvalue weighted by atomic mass is 10.1. The first kappa shape index (κ1) is 23.4. The second kappa shape index (κ2) is 9.25. The van der Waals surface area contributed by atoms with Crippen molar-refractivity contribution in [3.63, 3.8) is 0 Å². The van der Waals surface area contributed by atoms with Crippen molar-refractivity contribution in [1.29, 1.82) is 0 Å². The zero-order valence-corrected chi connectivity index (χ0v) is 18.5. The fraction of sp³-hybridized carbons (Fsp3) is 0.238. The van der Waals surface area contributed by atoms with E-state index >= 15 is 0 Å². The molecule has 9 nitrogen and oxygen atoms in total. The zero-order valence-electron chi connectivity index (χ0n) is 17.7. The molecule has 178 valence electrons. The Hall–Kier alpha value is -3.74. The van der Waals surface area contributed by atoms with Crippen molar-refractivity contribution >= 4 is 26.9 Å². The van der Waals surface area contributed by atoms with E-state index in [0.717, 1.165) is 6.20 Å². The smallest absolute Gasteiger partial charge is 0.429 e. The molecule has 3 heterocycles. The van der Waals surface area contributed by atoms with Crippen molar-refractivity contribution in [2.24, 2.45) is 0 Å². The predicted molar refractivity (Wildman–Crippen MR) is 116 cm³/mol. The molecule has 34 heavy (non-hydrogen) atoms. The van der Waals surface area contributed by atoms with Crippen molar-refractivity contribution in [2.45, 2.75) is 25.6 Å². The van der Waals surface area contributed by atoms with Crippen LogP contribution in [0.2, 0.25) is 0 Å². The van der Waals surface area contributed by atoms with Gasteiger partial charge in [0.25, 0.3) is 5.88 Å². The fourth-order valence-electron chi connectivity index (χ4n) is 3.08. The lowest BCUT2D eigenvalue weighted by molar-refractivity contribution is -0.198. The molecule has 0 saturated carbocycles. The number of fused-ring (bicyclic) bond motifs is 1. The molecular weight excluding hydrogens is 475 g/mol. The Morgan fingerprint density at radius 3 is 2.41 bits per heavy atom. The highest BCUT2D eigenvalue weighted by atomic mass is 32.2. The summed E-state index contributed by atoms with van der Waals surface area (Å²) in [5.41, 5.74) is 0.468. The number of sulfonamides is 1. The number of nitrogens with one attached hydrogen (secondary N) is 1. The van der Waals surface area contributed by atoms with Crippen LogP contribution >= 0.6 is 0 Å². The summed E-state index contributed by atoms with van der Waals surface area (Å²) >= 11 is 0. The molecular formula is C21H18F3N5O4S. The fourth-order valence-corrected chi connectivity index (χ4v) is 4.15. The molecule has 0 aliphatic heterocycles. The summed E-state index contributed by atoms with van der Waals surface area (Å²) < 4.78 is 79.2. The predicted octanol–water partition coefficient (Wildman–Crippen LogP) is 4.51. The number of aromatic nitrogens is 4. The molecule has 0 radical (unpaired) electrons. The SMILES string of the molecule is CCCS(=O)(=O)Nc1nc2ccccc2nc1O[C@H](c1ccc(-c2cnco2)nc1)C(F)(F)F. The molecule has 1 N–H and O–H groups in total. The molecule has 0 saturated heterocycles. The lowest BCUT2D eigenvalue weighted by Gasteiger charge is -2.22. The van der Waals surface area contributed by atoms with Crippen LogP contribution in [0.1, 0.15) is 25.0 Å². The Balaban J connectivity index is 1.74. The third-order valence-corrected chi connectivity index (χ3v) is 6.01. The molecule has 13 heteroatoms. The van der Waals surface area contributed by atoms with Crippen LogP contribution in [0, 0.1) is 0 Å². The van der Waals surface area contributed by atoms with Crippen LogP contribution in [0.3, 0.4) is 0 Å². The van der Waals surface area contributed by atoms with Gasteiger partial charge in [0, 0.05) is 11.8 Å². The summed E-state index contributed by atoms with van der Waals surface area (Å²) in [6.45, 7) is 1.65. The highest BCUT2D eigenvalue weighted by molar-refractivity contribution is 7.92. The number of nitrogens with zero attached hydrogens (tertiary/aromatic N) is 4. The second-order valence-electron chi connectivity index (χ2n) is 7.17. The maximum Gasteiger partial charge on any atom is 0.429 e. The molecule has 0 unspecified atom stereocenters. The highest BCUT2D eigenvalue weighted by Gasteiger charge is 2.44. The number of alkyl halides is 3. The van der Waals surface area contributed by atoms with Gasteiger partial charge in [-0.25, -0.2) is 23.4 Å². The van der Waals surface area contributed by atoms with Gasteiger partial charge in [-0.05, 0) is 24.6 Å². The van der Waals surface area contributed by atoms with Crippen molar-refractivity contribution in [3.05, 3.63) is 60.7 Å². The topological polar surface area (TPSA) is 120 Å². The van der Waals surface area contributed by atoms with Crippen LogP contribution in [-0.4, -0.2) is 40.3 Å². The van der Waals surface area contributed by atoms with Crippen molar-refractivity contribution in [2.75, 3.05) is 10.5 Å². The highest BCUT2D eigenvalue weighted by Crippen LogP contribution is 2.38. The maximum atomic E-state index is 14.0. The molecule has 0 bridgehead atoms. The quantitative estimate of drug-likeness (QED) is 0.381. The van der Waals surface area contributed by atoms with Crippen LogP contribution < -0.4 is 9.46 Å². The molecule has 0 amide bonds. The van der Waals surface area contributed by atoms with E-state index in [-0.39, 0.29) is 33.8 Å². The van der Waals surface area contributed by atoms with E-state index < -0.39 is 34.0 Å². The van der Waals surface area contributed by atoms with Gasteiger partial charge in [-0.3, -0.25) is 9.71 Å². The van der Waals surface area contributed by atoms with Crippen molar-refractivity contribution in [1.82, 2.24) is 19.9 Å².